The Morgan fingerprint density at radius 1 is 1.45 bits per heavy atom. The van der Waals surface area contributed by atoms with E-state index < -0.39 is 0 Å². The van der Waals surface area contributed by atoms with Gasteiger partial charge in [0.25, 0.3) is 0 Å². The number of furan rings is 1. The van der Waals surface area contributed by atoms with E-state index in [1.165, 1.54) is 12.8 Å². The van der Waals surface area contributed by atoms with Crippen LogP contribution in [0, 0.1) is 0 Å². The second-order valence-electron chi connectivity index (χ2n) is 4.76. The summed E-state index contributed by atoms with van der Waals surface area (Å²) in [4.78, 5) is 9.04. The third kappa shape index (κ3) is 2.41. The first-order chi connectivity index (χ1) is 9.90. The van der Waals surface area contributed by atoms with Crippen LogP contribution in [0.4, 0.5) is 0 Å². The third-order valence-electron chi connectivity index (χ3n) is 3.21. The molecule has 0 saturated heterocycles. The minimum absolute atomic E-state index is 0.675. The Balaban J connectivity index is 1.45. The molecule has 0 aliphatic heterocycles. The second-order valence-corrected chi connectivity index (χ2v) is 6.56. The largest absolute Gasteiger partial charge is 0.462 e. The Labute approximate surface area is 124 Å². The molecule has 102 valence electrons. The van der Waals surface area contributed by atoms with Crippen LogP contribution in [0.5, 0.6) is 0 Å². The standard InChI is InChI=1S/C14H13N3OS2/c1-2-12(18-7-1)13-16-10(8-19-13)9-20-14-15-5-6-17(14)11-3-4-11/h1-2,5-8,11H,3-4,9H2. The van der Waals surface area contributed by atoms with Crippen LogP contribution in [-0.4, -0.2) is 14.5 Å². The normalized spacial score (nSPS) is 14.8. The zero-order valence-corrected chi connectivity index (χ0v) is 12.4. The fraction of sp³-hybridized carbons (Fsp3) is 0.286. The molecule has 4 nitrogen and oxygen atoms in total. The van der Waals surface area contributed by atoms with Gasteiger partial charge in [0, 0.05) is 29.6 Å². The van der Waals surface area contributed by atoms with Gasteiger partial charge in [-0.3, -0.25) is 0 Å². The highest BCUT2D eigenvalue weighted by molar-refractivity contribution is 7.98. The van der Waals surface area contributed by atoms with E-state index in [-0.39, 0.29) is 0 Å². The van der Waals surface area contributed by atoms with Crippen LogP contribution < -0.4 is 0 Å². The maximum atomic E-state index is 5.37. The van der Waals surface area contributed by atoms with E-state index in [9.17, 15) is 0 Å². The van der Waals surface area contributed by atoms with Crippen LogP contribution in [-0.2, 0) is 5.75 Å². The predicted octanol–water partition coefficient (Wildman–Crippen LogP) is 4.23. The van der Waals surface area contributed by atoms with Crippen molar-refractivity contribution in [3.63, 3.8) is 0 Å². The molecule has 0 amide bonds. The molecule has 1 aliphatic rings. The predicted molar refractivity (Wildman–Crippen MR) is 79.9 cm³/mol. The smallest absolute Gasteiger partial charge is 0.168 e. The average molecular weight is 303 g/mol. The van der Waals surface area contributed by atoms with E-state index in [2.05, 4.69) is 26.1 Å². The van der Waals surface area contributed by atoms with Crippen LogP contribution in [0.1, 0.15) is 24.6 Å². The molecule has 1 aliphatic carbocycles. The SMILES string of the molecule is c1coc(-c2nc(CSc3nccn3C3CC3)cs2)c1. The second kappa shape index (κ2) is 5.10. The number of nitrogens with zero attached hydrogens (tertiary/aromatic N) is 3. The summed E-state index contributed by atoms with van der Waals surface area (Å²) in [5.74, 6) is 1.69. The molecule has 3 heterocycles. The molecule has 0 N–H and O–H groups in total. The summed E-state index contributed by atoms with van der Waals surface area (Å²) in [5.41, 5.74) is 1.08. The van der Waals surface area contributed by atoms with E-state index in [1.54, 1.807) is 29.4 Å². The van der Waals surface area contributed by atoms with Crippen LogP contribution >= 0.6 is 23.1 Å². The molecule has 0 unspecified atom stereocenters. The molecule has 0 radical (unpaired) electrons. The average Bonchev–Trinajstić information content (AvgIpc) is 2.93. The van der Waals surface area contributed by atoms with Gasteiger partial charge in [0.05, 0.1) is 12.0 Å². The fourth-order valence-electron chi connectivity index (χ4n) is 2.07. The lowest BCUT2D eigenvalue weighted by Crippen LogP contribution is -1.94. The van der Waals surface area contributed by atoms with Crippen molar-refractivity contribution in [1.29, 1.82) is 0 Å². The van der Waals surface area contributed by atoms with E-state index in [0.717, 1.165) is 27.4 Å². The Bertz CT molecular complexity index is 698. The molecule has 0 bridgehead atoms. The minimum atomic E-state index is 0.675. The van der Waals surface area contributed by atoms with E-state index in [4.69, 9.17) is 4.42 Å². The Hall–Kier alpha value is -1.53. The zero-order valence-electron chi connectivity index (χ0n) is 10.7. The van der Waals surface area contributed by atoms with Gasteiger partial charge < -0.3 is 8.98 Å². The summed E-state index contributed by atoms with van der Waals surface area (Å²) < 4.78 is 7.65. The first-order valence-corrected chi connectivity index (χ1v) is 8.40. The van der Waals surface area contributed by atoms with Crippen molar-refractivity contribution in [1.82, 2.24) is 14.5 Å². The molecule has 0 aromatic carbocycles. The van der Waals surface area contributed by atoms with Crippen LogP contribution in [0.25, 0.3) is 10.8 Å². The van der Waals surface area contributed by atoms with Crippen LogP contribution in [0.3, 0.4) is 0 Å². The summed E-state index contributed by atoms with van der Waals surface area (Å²) in [6.45, 7) is 0. The summed E-state index contributed by atoms with van der Waals surface area (Å²) in [6, 6.07) is 4.50. The van der Waals surface area contributed by atoms with Gasteiger partial charge in [-0.25, -0.2) is 9.97 Å². The van der Waals surface area contributed by atoms with Gasteiger partial charge in [0.2, 0.25) is 0 Å². The molecule has 1 fully saturated rings. The van der Waals surface area contributed by atoms with Crippen molar-refractivity contribution in [2.75, 3.05) is 0 Å². The summed E-state index contributed by atoms with van der Waals surface area (Å²) >= 11 is 3.37. The molecule has 3 aromatic heterocycles. The molecular formula is C14H13N3OS2. The van der Waals surface area contributed by atoms with Gasteiger partial charge in [-0.1, -0.05) is 11.8 Å². The molecule has 1 saturated carbocycles. The maximum Gasteiger partial charge on any atom is 0.168 e. The quantitative estimate of drug-likeness (QED) is 0.662. The lowest BCUT2D eigenvalue weighted by molar-refractivity contribution is 0.581. The first-order valence-electron chi connectivity index (χ1n) is 6.54. The highest BCUT2D eigenvalue weighted by Gasteiger charge is 2.25. The number of rotatable bonds is 5. The molecule has 0 atom stereocenters. The van der Waals surface area contributed by atoms with Gasteiger partial charge in [-0.05, 0) is 25.0 Å². The highest BCUT2D eigenvalue weighted by Crippen LogP contribution is 2.38. The van der Waals surface area contributed by atoms with E-state index >= 15 is 0 Å². The number of hydrogen-bond donors (Lipinski definition) is 0. The minimum Gasteiger partial charge on any atom is -0.462 e. The Morgan fingerprint density at radius 3 is 3.20 bits per heavy atom. The zero-order chi connectivity index (χ0) is 13.4. The highest BCUT2D eigenvalue weighted by atomic mass is 32.2. The molecule has 3 aromatic rings. The lowest BCUT2D eigenvalue weighted by atomic mass is 10.5. The van der Waals surface area contributed by atoms with E-state index in [1.807, 2.05) is 18.3 Å². The number of imidazole rings is 1. The van der Waals surface area contributed by atoms with Crippen molar-refractivity contribution >= 4 is 23.1 Å². The summed E-state index contributed by atoms with van der Waals surface area (Å²) in [5, 5.41) is 4.13. The summed E-state index contributed by atoms with van der Waals surface area (Å²) in [7, 11) is 0. The third-order valence-corrected chi connectivity index (χ3v) is 5.13. The molecule has 6 heteroatoms. The first kappa shape index (κ1) is 12.2. The number of thiazole rings is 1. The lowest BCUT2D eigenvalue weighted by Gasteiger charge is -2.03. The van der Waals surface area contributed by atoms with Gasteiger partial charge in [0.15, 0.2) is 15.9 Å². The number of hydrogen-bond acceptors (Lipinski definition) is 5. The molecule has 0 spiro atoms. The Kier molecular flexibility index (Phi) is 3.12. The Morgan fingerprint density at radius 2 is 2.40 bits per heavy atom. The molecular weight excluding hydrogens is 290 g/mol. The maximum absolute atomic E-state index is 5.37. The molecule has 4 rings (SSSR count). The monoisotopic (exact) mass is 303 g/mol. The van der Waals surface area contributed by atoms with Crippen molar-refractivity contribution in [3.05, 3.63) is 41.9 Å². The summed E-state index contributed by atoms with van der Waals surface area (Å²) in [6.07, 6.45) is 8.20. The van der Waals surface area contributed by atoms with Gasteiger partial charge in [0.1, 0.15) is 0 Å². The number of thioether (sulfide) groups is 1. The van der Waals surface area contributed by atoms with Crippen molar-refractivity contribution < 1.29 is 4.42 Å². The van der Waals surface area contributed by atoms with Crippen LogP contribution in [0.15, 0.2) is 45.7 Å². The van der Waals surface area contributed by atoms with Gasteiger partial charge in [-0.15, -0.1) is 11.3 Å². The van der Waals surface area contributed by atoms with E-state index in [0.29, 0.717) is 6.04 Å². The van der Waals surface area contributed by atoms with Gasteiger partial charge in [-0.2, -0.15) is 0 Å². The number of aromatic nitrogens is 3. The van der Waals surface area contributed by atoms with Crippen molar-refractivity contribution in [3.8, 4) is 10.8 Å². The van der Waals surface area contributed by atoms with Crippen molar-refractivity contribution in [2.24, 2.45) is 0 Å². The van der Waals surface area contributed by atoms with Gasteiger partial charge >= 0.3 is 0 Å². The fourth-order valence-corrected chi connectivity index (χ4v) is 3.88. The topological polar surface area (TPSA) is 43.9 Å². The van der Waals surface area contributed by atoms with Crippen LogP contribution in [0.2, 0.25) is 0 Å². The van der Waals surface area contributed by atoms with Crippen molar-refractivity contribution in [2.45, 2.75) is 29.8 Å². The molecule has 20 heavy (non-hydrogen) atoms.